The maximum absolute atomic E-state index is 12.9. The highest BCUT2D eigenvalue weighted by molar-refractivity contribution is 7.89. The van der Waals surface area contributed by atoms with Crippen LogP contribution < -0.4 is 9.80 Å². The number of piperazine rings is 1. The number of nitro benzene ring substituents is 1. The Morgan fingerprint density at radius 1 is 1.11 bits per heavy atom. The summed E-state index contributed by atoms with van der Waals surface area (Å²) in [4.78, 5) is 14.7. The first kappa shape index (κ1) is 20.0. The van der Waals surface area contributed by atoms with Gasteiger partial charge in [-0.15, -0.1) is 0 Å². The van der Waals surface area contributed by atoms with Crippen molar-refractivity contribution in [1.82, 2.24) is 4.31 Å². The maximum atomic E-state index is 12.9. The molecule has 2 heterocycles. The van der Waals surface area contributed by atoms with Gasteiger partial charge in [-0.2, -0.15) is 4.31 Å². The van der Waals surface area contributed by atoms with E-state index < -0.39 is 14.9 Å². The monoisotopic (exact) mass is 397 g/mol. The summed E-state index contributed by atoms with van der Waals surface area (Å²) < 4.78 is 27.1. The first-order valence-electron chi connectivity index (χ1n) is 9.80. The van der Waals surface area contributed by atoms with E-state index in [1.807, 2.05) is 4.90 Å². The van der Waals surface area contributed by atoms with Crippen LogP contribution in [0.25, 0.3) is 0 Å². The summed E-state index contributed by atoms with van der Waals surface area (Å²) in [7, 11) is -3.68. The van der Waals surface area contributed by atoms with Crippen LogP contribution in [0.4, 0.5) is 11.4 Å². The van der Waals surface area contributed by atoms with Crippen molar-refractivity contribution in [2.24, 2.45) is 0 Å². The number of rotatable bonds is 6. The zero-order valence-corrected chi connectivity index (χ0v) is 16.7. The summed E-state index contributed by atoms with van der Waals surface area (Å²) in [5.41, 5.74) is 0.403. The lowest BCUT2D eigenvalue weighted by molar-refractivity contribution is -0.900. The molecule has 0 saturated carbocycles. The number of piperidine rings is 1. The molecule has 0 spiro atoms. The Hall–Kier alpha value is -1.71. The molecule has 2 aliphatic heterocycles. The number of hydrogen-bond donors (Lipinski definition) is 1. The molecule has 0 aliphatic carbocycles. The molecule has 2 aliphatic rings. The highest BCUT2D eigenvalue weighted by Crippen LogP contribution is 2.32. The molecule has 0 atom stereocenters. The first-order valence-corrected chi connectivity index (χ1v) is 11.2. The minimum atomic E-state index is -3.68. The number of hydrogen-bond acceptors (Lipinski definition) is 5. The fourth-order valence-electron chi connectivity index (χ4n) is 4.00. The number of nitrogens with one attached hydrogen (secondary N) is 1. The van der Waals surface area contributed by atoms with Gasteiger partial charge in [0, 0.05) is 19.2 Å². The highest BCUT2D eigenvalue weighted by atomic mass is 32.2. The minimum absolute atomic E-state index is 0.0232. The van der Waals surface area contributed by atoms with Crippen molar-refractivity contribution < 1.29 is 18.2 Å². The summed E-state index contributed by atoms with van der Waals surface area (Å²) in [5, 5.41) is 11.7. The quantitative estimate of drug-likeness (QED) is 0.569. The van der Waals surface area contributed by atoms with E-state index in [9.17, 15) is 18.5 Å². The lowest BCUT2D eigenvalue weighted by atomic mass is 10.2. The van der Waals surface area contributed by atoms with Crippen LogP contribution in [-0.4, -0.2) is 63.5 Å². The van der Waals surface area contributed by atoms with Gasteiger partial charge in [-0.25, -0.2) is 8.42 Å². The van der Waals surface area contributed by atoms with Gasteiger partial charge in [0.15, 0.2) is 0 Å². The molecular formula is C18H29N4O4S+. The predicted molar refractivity (Wildman–Crippen MR) is 104 cm³/mol. The molecule has 1 N–H and O–H groups in total. The van der Waals surface area contributed by atoms with Crippen LogP contribution in [0.15, 0.2) is 23.1 Å². The second-order valence-corrected chi connectivity index (χ2v) is 9.30. The Kier molecular flexibility index (Phi) is 6.33. The minimum Gasteiger partial charge on any atom is -0.355 e. The van der Waals surface area contributed by atoms with E-state index in [0.717, 1.165) is 58.4 Å². The van der Waals surface area contributed by atoms with Crippen molar-refractivity contribution in [2.75, 3.05) is 50.7 Å². The van der Waals surface area contributed by atoms with Crippen LogP contribution in [0.1, 0.15) is 32.6 Å². The zero-order chi connectivity index (χ0) is 19.4. The van der Waals surface area contributed by atoms with Gasteiger partial charge in [0.05, 0.1) is 42.5 Å². The van der Waals surface area contributed by atoms with E-state index >= 15 is 0 Å². The van der Waals surface area contributed by atoms with Crippen LogP contribution in [0.3, 0.4) is 0 Å². The standard InChI is InChI=1S/C18H28N4O4S/c1-2-8-19-11-13-20(14-12-19)17-7-6-16(15-18(17)22(23)24)27(25,26)21-9-4-3-5-10-21/h6-7,15H,2-5,8-14H2,1H3/p+1. The van der Waals surface area contributed by atoms with Gasteiger partial charge in [0.25, 0.3) is 5.69 Å². The molecule has 2 saturated heterocycles. The average molecular weight is 398 g/mol. The number of benzene rings is 1. The van der Waals surface area contributed by atoms with E-state index in [-0.39, 0.29) is 10.6 Å². The first-order chi connectivity index (χ1) is 12.9. The Labute approximate surface area is 160 Å². The van der Waals surface area contributed by atoms with Gasteiger partial charge >= 0.3 is 0 Å². The summed E-state index contributed by atoms with van der Waals surface area (Å²) in [6, 6.07) is 4.38. The van der Waals surface area contributed by atoms with Gasteiger partial charge in [-0.1, -0.05) is 13.3 Å². The van der Waals surface area contributed by atoms with Crippen LogP contribution in [0.2, 0.25) is 0 Å². The van der Waals surface area contributed by atoms with Crippen molar-refractivity contribution in [3.05, 3.63) is 28.3 Å². The molecule has 0 radical (unpaired) electrons. The number of sulfonamides is 1. The van der Waals surface area contributed by atoms with Crippen LogP contribution >= 0.6 is 0 Å². The Morgan fingerprint density at radius 3 is 2.37 bits per heavy atom. The van der Waals surface area contributed by atoms with Gasteiger partial charge in [-0.3, -0.25) is 10.1 Å². The Bertz CT molecular complexity index is 770. The van der Waals surface area contributed by atoms with Crippen molar-refractivity contribution in [3.8, 4) is 0 Å². The SMILES string of the molecule is CCC[NH+]1CCN(c2ccc(S(=O)(=O)N3CCCCC3)cc2[N+](=O)[O-])CC1. The molecular weight excluding hydrogens is 368 g/mol. The van der Waals surface area contributed by atoms with Gasteiger partial charge in [-0.05, 0) is 31.4 Å². The predicted octanol–water partition coefficient (Wildman–Crippen LogP) is 0.884. The summed E-state index contributed by atoms with van der Waals surface area (Å²) in [6.07, 6.45) is 3.82. The lowest BCUT2D eigenvalue weighted by Gasteiger charge is -2.33. The van der Waals surface area contributed by atoms with Crippen LogP contribution in [-0.2, 0) is 10.0 Å². The molecule has 3 rings (SSSR count). The molecule has 0 bridgehead atoms. The fraction of sp³-hybridized carbons (Fsp3) is 0.667. The van der Waals surface area contributed by atoms with Gasteiger partial charge in [0.2, 0.25) is 10.0 Å². The van der Waals surface area contributed by atoms with E-state index in [1.165, 1.54) is 21.3 Å². The molecule has 2 fully saturated rings. The molecule has 0 amide bonds. The molecule has 0 aromatic heterocycles. The number of nitrogens with zero attached hydrogens (tertiary/aromatic N) is 3. The summed E-state index contributed by atoms with van der Waals surface area (Å²) in [6.45, 7) is 7.62. The third-order valence-corrected chi connectivity index (χ3v) is 7.41. The van der Waals surface area contributed by atoms with Crippen molar-refractivity contribution in [3.63, 3.8) is 0 Å². The third-order valence-electron chi connectivity index (χ3n) is 5.51. The zero-order valence-electron chi connectivity index (χ0n) is 15.9. The molecule has 0 unspecified atom stereocenters. The molecule has 27 heavy (non-hydrogen) atoms. The lowest BCUT2D eigenvalue weighted by Crippen LogP contribution is -3.14. The molecule has 8 nitrogen and oxygen atoms in total. The van der Waals surface area contributed by atoms with E-state index in [4.69, 9.17) is 0 Å². The summed E-state index contributed by atoms with van der Waals surface area (Å²) >= 11 is 0. The second-order valence-electron chi connectivity index (χ2n) is 7.36. The highest BCUT2D eigenvalue weighted by Gasteiger charge is 2.31. The molecule has 9 heteroatoms. The van der Waals surface area contributed by atoms with E-state index in [1.54, 1.807) is 6.07 Å². The van der Waals surface area contributed by atoms with Crippen molar-refractivity contribution in [1.29, 1.82) is 0 Å². The molecule has 1 aromatic carbocycles. The van der Waals surface area contributed by atoms with Crippen molar-refractivity contribution in [2.45, 2.75) is 37.5 Å². The number of nitro groups is 1. The largest absolute Gasteiger partial charge is 0.355 e. The van der Waals surface area contributed by atoms with E-state index in [2.05, 4.69) is 6.92 Å². The summed E-state index contributed by atoms with van der Waals surface area (Å²) in [5.74, 6) is 0. The van der Waals surface area contributed by atoms with Crippen LogP contribution in [0, 0.1) is 10.1 Å². The normalized spacial score (nSPS) is 20.0. The van der Waals surface area contributed by atoms with Gasteiger partial charge in [0.1, 0.15) is 5.69 Å². The third kappa shape index (κ3) is 4.41. The fourth-order valence-corrected chi connectivity index (χ4v) is 5.54. The van der Waals surface area contributed by atoms with Gasteiger partial charge < -0.3 is 9.80 Å². The topological polar surface area (TPSA) is 88.2 Å². The molecule has 1 aromatic rings. The smallest absolute Gasteiger partial charge is 0.293 e. The Balaban J connectivity index is 1.84. The van der Waals surface area contributed by atoms with E-state index in [0.29, 0.717) is 18.8 Å². The van der Waals surface area contributed by atoms with Crippen molar-refractivity contribution >= 4 is 21.4 Å². The van der Waals surface area contributed by atoms with Crippen LogP contribution in [0.5, 0.6) is 0 Å². The Morgan fingerprint density at radius 2 is 1.78 bits per heavy atom. The number of anilines is 1. The maximum Gasteiger partial charge on any atom is 0.293 e. The molecule has 150 valence electrons. The second kappa shape index (κ2) is 8.53. The number of quaternary nitrogens is 1. The average Bonchev–Trinajstić information content (AvgIpc) is 2.69.